The van der Waals surface area contributed by atoms with E-state index in [1.165, 1.54) is 0 Å². The zero-order valence-corrected chi connectivity index (χ0v) is 13.2. The number of aromatic nitrogens is 1. The third-order valence-corrected chi connectivity index (χ3v) is 5.31. The van der Waals surface area contributed by atoms with Crippen molar-refractivity contribution in [1.29, 1.82) is 0 Å². The van der Waals surface area contributed by atoms with Gasteiger partial charge in [0.1, 0.15) is 5.52 Å². The van der Waals surface area contributed by atoms with Crippen molar-refractivity contribution in [2.45, 2.75) is 48.6 Å². The number of nitrogens with one attached hydrogen (secondary N) is 1. The zero-order chi connectivity index (χ0) is 14.7. The second-order valence-electron chi connectivity index (χ2n) is 5.75. The van der Waals surface area contributed by atoms with E-state index in [9.17, 15) is 5.11 Å². The fourth-order valence-corrected chi connectivity index (χ4v) is 4.45. The molecule has 0 spiro atoms. The van der Waals surface area contributed by atoms with Crippen molar-refractivity contribution in [2.24, 2.45) is 0 Å². The first-order chi connectivity index (χ1) is 10.2. The van der Waals surface area contributed by atoms with E-state index in [0.29, 0.717) is 5.25 Å². The molecule has 3 rings (SSSR count). The first-order valence-corrected chi connectivity index (χ1v) is 8.51. The van der Waals surface area contributed by atoms with Crippen molar-refractivity contribution in [2.75, 3.05) is 13.2 Å². The van der Waals surface area contributed by atoms with Crippen LogP contribution < -0.4 is 5.32 Å². The molecule has 1 heterocycles. The molecule has 1 aromatic heterocycles. The summed E-state index contributed by atoms with van der Waals surface area (Å²) < 4.78 is 5.80. The lowest BCUT2D eigenvalue weighted by Crippen LogP contribution is -2.52. The molecule has 0 amide bonds. The van der Waals surface area contributed by atoms with Gasteiger partial charge in [-0.3, -0.25) is 0 Å². The van der Waals surface area contributed by atoms with Crippen LogP contribution in [-0.4, -0.2) is 34.0 Å². The Kier molecular flexibility index (Phi) is 4.52. The first-order valence-electron chi connectivity index (χ1n) is 7.63. The third-order valence-electron chi connectivity index (χ3n) is 4.20. The van der Waals surface area contributed by atoms with Crippen molar-refractivity contribution in [3.63, 3.8) is 0 Å². The average molecular weight is 306 g/mol. The van der Waals surface area contributed by atoms with Crippen LogP contribution in [0.25, 0.3) is 11.1 Å². The molecule has 2 atom stereocenters. The van der Waals surface area contributed by atoms with Crippen LogP contribution in [0.2, 0.25) is 0 Å². The predicted molar refractivity (Wildman–Crippen MR) is 85.6 cm³/mol. The Hall–Kier alpha value is -1.04. The van der Waals surface area contributed by atoms with Crippen LogP contribution in [0.3, 0.4) is 0 Å². The predicted octanol–water partition coefficient (Wildman–Crippen LogP) is 3.20. The molecule has 1 aliphatic carbocycles. The Morgan fingerprint density at radius 1 is 1.48 bits per heavy atom. The lowest BCUT2D eigenvalue weighted by atomic mass is 9.82. The molecule has 2 N–H and O–H groups in total. The van der Waals surface area contributed by atoms with Gasteiger partial charge in [-0.15, -0.1) is 0 Å². The number of aliphatic hydroxyl groups excluding tert-OH is 1. The van der Waals surface area contributed by atoms with Gasteiger partial charge in [0, 0.05) is 10.8 Å². The molecule has 2 unspecified atom stereocenters. The lowest BCUT2D eigenvalue weighted by Gasteiger charge is -2.39. The van der Waals surface area contributed by atoms with Gasteiger partial charge in [-0.25, -0.2) is 4.98 Å². The number of likely N-dealkylation sites (N-methyl/N-ethyl adjacent to an activating group) is 1. The fraction of sp³-hybridized carbons (Fsp3) is 0.562. The zero-order valence-electron chi connectivity index (χ0n) is 12.3. The number of hydrogen-bond donors (Lipinski definition) is 2. The largest absolute Gasteiger partial charge is 0.431 e. The Bertz CT molecular complexity index is 564. The highest BCUT2D eigenvalue weighted by atomic mass is 32.2. The summed E-state index contributed by atoms with van der Waals surface area (Å²) in [5.74, 6) is 0. The van der Waals surface area contributed by atoms with E-state index < -0.39 is 0 Å². The summed E-state index contributed by atoms with van der Waals surface area (Å²) in [6.07, 6.45) is 4.28. The van der Waals surface area contributed by atoms with Crippen molar-refractivity contribution < 1.29 is 9.52 Å². The van der Waals surface area contributed by atoms with Gasteiger partial charge in [-0.05, 0) is 37.9 Å². The third kappa shape index (κ3) is 3.25. The Balaban J connectivity index is 1.71. The number of rotatable bonds is 5. The molecule has 4 nitrogen and oxygen atoms in total. The SMILES string of the molecule is CCNC1(CO)CCCC(Sc2nc3ccccc3o2)C1. The molecule has 5 heteroatoms. The van der Waals surface area contributed by atoms with Gasteiger partial charge >= 0.3 is 0 Å². The summed E-state index contributed by atoms with van der Waals surface area (Å²) in [5.41, 5.74) is 1.63. The molecule has 1 saturated carbocycles. The molecule has 1 fully saturated rings. The highest BCUT2D eigenvalue weighted by Crippen LogP contribution is 2.38. The maximum absolute atomic E-state index is 9.76. The van der Waals surface area contributed by atoms with Crippen LogP contribution in [0, 0.1) is 0 Å². The molecular weight excluding hydrogens is 284 g/mol. The number of thioether (sulfide) groups is 1. The van der Waals surface area contributed by atoms with E-state index in [2.05, 4.69) is 17.2 Å². The summed E-state index contributed by atoms with van der Waals surface area (Å²) in [4.78, 5) is 4.54. The Labute approximate surface area is 129 Å². The molecule has 0 bridgehead atoms. The summed E-state index contributed by atoms with van der Waals surface area (Å²) >= 11 is 1.70. The molecule has 0 saturated heterocycles. The van der Waals surface area contributed by atoms with Crippen LogP contribution in [-0.2, 0) is 0 Å². The maximum atomic E-state index is 9.76. The molecular formula is C16H22N2O2S. The highest BCUT2D eigenvalue weighted by Gasteiger charge is 2.36. The molecule has 1 aromatic carbocycles. The minimum absolute atomic E-state index is 0.128. The topological polar surface area (TPSA) is 58.3 Å². The van der Waals surface area contributed by atoms with Crippen LogP contribution >= 0.6 is 11.8 Å². The Morgan fingerprint density at radius 2 is 2.33 bits per heavy atom. The molecule has 1 aliphatic rings. The lowest BCUT2D eigenvalue weighted by molar-refractivity contribution is 0.125. The minimum atomic E-state index is -0.128. The van der Waals surface area contributed by atoms with E-state index in [0.717, 1.165) is 48.6 Å². The van der Waals surface area contributed by atoms with E-state index in [1.807, 2.05) is 24.3 Å². The van der Waals surface area contributed by atoms with Gasteiger partial charge < -0.3 is 14.8 Å². The van der Waals surface area contributed by atoms with Gasteiger partial charge in [-0.1, -0.05) is 37.2 Å². The first kappa shape index (κ1) is 14.9. The standard InChI is InChI=1S/C16H22N2O2S/c1-2-17-16(11-19)9-5-6-12(10-16)21-15-18-13-7-3-4-8-14(13)20-15/h3-4,7-8,12,17,19H,2,5-6,9-11H2,1H3. The van der Waals surface area contributed by atoms with Gasteiger partial charge in [-0.2, -0.15) is 0 Å². The molecule has 21 heavy (non-hydrogen) atoms. The number of benzene rings is 1. The van der Waals surface area contributed by atoms with Crippen LogP contribution in [0.4, 0.5) is 0 Å². The second kappa shape index (κ2) is 6.38. The molecule has 0 aliphatic heterocycles. The quantitative estimate of drug-likeness (QED) is 0.888. The highest BCUT2D eigenvalue weighted by molar-refractivity contribution is 7.99. The van der Waals surface area contributed by atoms with Crippen LogP contribution in [0.15, 0.2) is 33.9 Å². The van der Waals surface area contributed by atoms with E-state index >= 15 is 0 Å². The summed E-state index contributed by atoms with van der Waals surface area (Å²) in [6.45, 7) is 3.18. The van der Waals surface area contributed by atoms with Gasteiger partial charge in [0.25, 0.3) is 5.22 Å². The number of oxazole rings is 1. The molecule has 114 valence electrons. The Morgan fingerprint density at radius 3 is 3.10 bits per heavy atom. The monoisotopic (exact) mass is 306 g/mol. The van der Waals surface area contributed by atoms with E-state index in [4.69, 9.17) is 4.42 Å². The van der Waals surface area contributed by atoms with Gasteiger partial charge in [0.15, 0.2) is 5.58 Å². The van der Waals surface area contributed by atoms with E-state index in [-0.39, 0.29) is 12.1 Å². The summed E-state index contributed by atoms with van der Waals surface area (Å²) in [5, 5.41) is 14.4. The second-order valence-corrected chi connectivity index (χ2v) is 7.00. The van der Waals surface area contributed by atoms with Crippen LogP contribution in [0.1, 0.15) is 32.6 Å². The van der Waals surface area contributed by atoms with Gasteiger partial charge in [0.2, 0.25) is 0 Å². The summed E-state index contributed by atoms with van der Waals surface area (Å²) in [6, 6.07) is 7.86. The smallest absolute Gasteiger partial charge is 0.257 e. The average Bonchev–Trinajstić information content (AvgIpc) is 2.90. The van der Waals surface area contributed by atoms with Crippen molar-refractivity contribution in [3.8, 4) is 0 Å². The van der Waals surface area contributed by atoms with Crippen molar-refractivity contribution >= 4 is 22.9 Å². The van der Waals surface area contributed by atoms with Gasteiger partial charge in [0.05, 0.1) is 6.61 Å². The number of fused-ring (bicyclic) bond motifs is 1. The van der Waals surface area contributed by atoms with E-state index in [1.54, 1.807) is 11.8 Å². The van der Waals surface area contributed by atoms with Crippen molar-refractivity contribution in [3.05, 3.63) is 24.3 Å². The minimum Gasteiger partial charge on any atom is -0.431 e. The number of para-hydroxylation sites is 2. The molecule has 0 radical (unpaired) electrons. The summed E-state index contributed by atoms with van der Waals surface area (Å²) in [7, 11) is 0. The molecule has 2 aromatic rings. The van der Waals surface area contributed by atoms with Crippen LogP contribution in [0.5, 0.6) is 0 Å². The number of hydrogen-bond acceptors (Lipinski definition) is 5. The maximum Gasteiger partial charge on any atom is 0.257 e. The fourth-order valence-electron chi connectivity index (χ4n) is 3.19. The number of aliphatic hydroxyl groups is 1. The number of nitrogens with zero attached hydrogens (tertiary/aromatic N) is 1. The normalized spacial score (nSPS) is 26.3. The van der Waals surface area contributed by atoms with Crippen molar-refractivity contribution in [1.82, 2.24) is 10.3 Å².